The Hall–Kier alpha value is -1.33. The van der Waals surface area contributed by atoms with Gasteiger partial charge < -0.3 is 14.4 Å². The Labute approximate surface area is 126 Å². The standard InChI is InChI=1S/C16H26N2O3/c1-11-15(16(20)21-4)8-14(17(11)3)10-18-7-5-6-13(9-18)12(2)19/h8,12-13,19H,5-7,9-10H2,1-4H3/t12-,13+/m0/s1. The second-order valence-electron chi connectivity index (χ2n) is 6.06. The van der Waals surface area contributed by atoms with Gasteiger partial charge >= 0.3 is 5.97 Å². The fraction of sp³-hybridized carbons (Fsp3) is 0.688. The lowest BCUT2D eigenvalue weighted by molar-refractivity contribution is 0.0591. The van der Waals surface area contributed by atoms with E-state index in [-0.39, 0.29) is 12.1 Å². The summed E-state index contributed by atoms with van der Waals surface area (Å²) >= 11 is 0. The number of methoxy groups -OCH3 is 1. The van der Waals surface area contributed by atoms with Crippen LogP contribution in [0.5, 0.6) is 0 Å². The zero-order valence-corrected chi connectivity index (χ0v) is 13.4. The van der Waals surface area contributed by atoms with E-state index in [1.54, 1.807) is 0 Å². The summed E-state index contributed by atoms with van der Waals surface area (Å²) in [6.07, 6.45) is 1.95. The van der Waals surface area contributed by atoms with Crippen LogP contribution in [0, 0.1) is 12.8 Å². The number of ether oxygens (including phenoxy) is 1. The summed E-state index contributed by atoms with van der Waals surface area (Å²) in [7, 11) is 3.39. The van der Waals surface area contributed by atoms with Gasteiger partial charge in [0.15, 0.2) is 0 Å². The molecule has 1 aliphatic heterocycles. The Morgan fingerprint density at radius 1 is 1.57 bits per heavy atom. The highest BCUT2D eigenvalue weighted by Crippen LogP contribution is 2.23. The number of hydrogen-bond acceptors (Lipinski definition) is 4. The molecule has 2 atom stereocenters. The van der Waals surface area contributed by atoms with E-state index in [1.165, 1.54) is 7.11 Å². The van der Waals surface area contributed by atoms with Crippen LogP contribution in [0.1, 0.15) is 41.5 Å². The zero-order valence-electron chi connectivity index (χ0n) is 13.4. The largest absolute Gasteiger partial charge is 0.465 e. The highest BCUT2D eigenvalue weighted by Gasteiger charge is 2.25. The first-order chi connectivity index (χ1) is 9.93. The van der Waals surface area contributed by atoms with Crippen LogP contribution in [0.15, 0.2) is 6.07 Å². The number of aromatic nitrogens is 1. The number of aliphatic hydroxyl groups is 1. The van der Waals surface area contributed by atoms with Crippen molar-refractivity contribution in [3.8, 4) is 0 Å². The smallest absolute Gasteiger partial charge is 0.339 e. The predicted octanol–water partition coefficient (Wildman–Crippen LogP) is 1.71. The van der Waals surface area contributed by atoms with Crippen molar-refractivity contribution >= 4 is 5.97 Å². The number of carbonyl (C=O) groups excluding carboxylic acids is 1. The Bertz CT molecular complexity index is 508. The van der Waals surface area contributed by atoms with Crippen molar-refractivity contribution in [2.75, 3.05) is 20.2 Å². The van der Waals surface area contributed by atoms with Crippen LogP contribution in [0.3, 0.4) is 0 Å². The predicted molar refractivity (Wildman–Crippen MR) is 81.2 cm³/mol. The third kappa shape index (κ3) is 3.47. The second-order valence-corrected chi connectivity index (χ2v) is 6.06. The molecule has 5 heteroatoms. The molecule has 5 nitrogen and oxygen atoms in total. The highest BCUT2D eigenvalue weighted by atomic mass is 16.5. The first-order valence-corrected chi connectivity index (χ1v) is 7.58. The molecule has 1 fully saturated rings. The van der Waals surface area contributed by atoms with Crippen LogP contribution < -0.4 is 0 Å². The molecule has 118 valence electrons. The number of piperidine rings is 1. The monoisotopic (exact) mass is 294 g/mol. The van der Waals surface area contributed by atoms with Crippen LogP contribution in [-0.2, 0) is 18.3 Å². The van der Waals surface area contributed by atoms with Gasteiger partial charge in [-0.15, -0.1) is 0 Å². The van der Waals surface area contributed by atoms with Gasteiger partial charge in [0.1, 0.15) is 0 Å². The van der Waals surface area contributed by atoms with Crippen LogP contribution in [-0.4, -0.2) is 46.8 Å². The number of hydrogen-bond donors (Lipinski definition) is 1. The van der Waals surface area contributed by atoms with Crippen LogP contribution in [0.2, 0.25) is 0 Å². The van der Waals surface area contributed by atoms with Crippen LogP contribution >= 0.6 is 0 Å². The normalized spacial score (nSPS) is 21.3. The molecule has 1 aliphatic rings. The minimum Gasteiger partial charge on any atom is -0.465 e. The first kappa shape index (κ1) is 16.0. The van der Waals surface area contributed by atoms with E-state index in [9.17, 15) is 9.90 Å². The molecule has 2 rings (SSSR count). The Morgan fingerprint density at radius 3 is 2.90 bits per heavy atom. The molecule has 0 bridgehead atoms. The van der Waals surface area contributed by atoms with Gasteiger partial charge in [-0.05, 0) is 45.2 Å². The van der Waals surface area contributed by atoms with Crippen molar-refractivity contribution in [3.05, 3.63) is 23.0 Å². The highest BCUT2D eigenvalue weighted by molar-refractivity contribution is 5.91. The molecule has 21 heavy (non-hydrogen) atoms. The minimum absolute atomic E-state index is 0.256. The van der Waals surface area contributed by atoms with Gasteiger partial charge in [-0.25, -0.2) is 4.79 Å². The van der Waals surface area contributed by atoms with Crippen LogP contribution in [0.4, 0.5) is 0 Å². The summed E-state index contributed by atoms with van der Waals surface area (Å²) in [6, 6.07) is 1.92. The molecule has 1 aromatic rings. The topological polar surface area (TPSA) is 54.7 Å². The van der Waals surface area contributed by atoms with Crippen molar-refractivity contribution in [3.63, 3.8) is 0 Å². The van der Waals surface area contributed by atoms with Gasteiger partial charge in [-0.1, -0.05) is 0 Å². The van der Waals surface area contributed by atoms with Gasteiger partial charge in [0.25, 0.3) is 0 Å². The summed E-state index contributed by atoms with van der Waals surface area (Å²) in [5.41, 5.74) is 2.68. The Balaban J connectivity index is 2.11. The van der Waals surface area contributed by atoms with Gasteiger partial charge in [0, 0.05) is 31.5 Å². The molecule has 0 radical (unpaired) electrons. The molecule has 2 heterocycles. The fourth-order valence-corrected chi connectivity index (χ4v) is 3.09. The third-order valence-corrected chi connectivity index (χ3v) is 4.65. The van der Waals surface area contributed by atoms with E-state index >= 15 is 0 Å². The third-order valence-electron chi connectivity index (χ3n) is 4.65. The summed E-state index contributed by atoms with van der Waals surface area (Å²) in [5, 5.41) is 9.78. The minimum atomic E-state index is -0.283. The molecule has 1 N–H and O–H groups in total. The molecule has 1 aromatic heterocycles. The maximum absolute atomic E-state index is 11.8. The SMILES string of the molecule is COC(=O)c1cc(CN2CCC[C@@H]([C@H](C)O)C2)n(C)c1C. The Kier molecular flexibility index (Phi) is 5.06. The van der Waals surface area contributed by atoms with Crippen molar-refractivity contribution in [1.82, 2.24) is 9.47 Å². The number of rotatable bonds is 4. The lowest BCUT2D eigenvalue weighted by Crippen LogP contribution is -2.39. The number of carbonyl (C=O) groups is 1. The van der Waals surface area contributed by atoms with Crippen molar-refractivity contribution in [1.29, 1.82) is 0 Å². The van der Waals surface area contributed by atoms with E-state index < -0.39 is 0 Å². The maximum atomic E-state index is 11.8. The number of nitrogens with zero attached hydrogens (tertiary/aromatic N) is 2. The van der Waals surface area contributed by atoms with Crippen molar-refractivity contribution < 1.29 is 14.6 Å². The zero-order chi connectivity index (χ0) is 15.6. The number of esters is 1. The van der Waals surface area contributed by atoms with Crippen molar-refractivity contribution in [2.24, 2.45) is 13.0 Å². The lowest BCUT2D eigenvalue weighted by Gasteiger charge is -2.34. The lowest BCUT2D eigenvalue weighted by atomic mass is 9.93. The van der Waals surface area contributed by atoms with E-state index in [0.717, 1.165) is 43.9 Å². The average molecular weight is 294 g/mol. The average Bonchev–Trinajstić information content (AvgIpc) is 2.75. The summed E-state index contributed by atoms with van der Waals surface area (Å²) in [6.45, 7) is 6.56. The van der Waals surface area contributed by atoms with E-state index in [2.05, 4.69) is 9.47 Å². The van der Waals surface area contributed by atoms with Gasteiger partial charge in [-0.3, -0.25) is 4.90 Å². The molecular weight excluding hydrogens is 268 g/mol. The van der Waals surface area contributed by atoms with Crippen LogP contribution in [0.25, 0.3) is 0 Å². The number of likely N-dealkylation sites (tertiary alicyclic amines) is 1. The molecule has 0 aromatic carbocycles. The van der Waals surface area contributed by atoms with E-state index in [1.807, 2.05) is 27.0 Å². The molecule has 0 amide bonds. The second kappa shape index (κ2) is 6.62. The molecule has 0 saturated carbocycles. The molecular formula is C16H26N2O3. The quantitative estimate of drug-likeness (QED) is 0.859. The van der Waals surface area contributed by atoms with E-state index in [4.69, 9.17) is 4.74 Å². The number of aliphatic hydroxyl groups excluding tert-OH is 1. The summed E-state index contributed by atoms with van der Waals surface area (Å²) < 4.78 is 6.88. The van der Waals surface area contributed by atoms with Crippen molar-refractivity contribution in [2.45, 2.75) is 39.3 Å². The molecule has 1 saturated heterocycles. The molecule has 0 aliphatic carbocycles. The summed E-state index contributed by atoms with van der Waals surface area (Å²) in [5.74, 6) is 0.0649. The maximum Gasteiger partial charge on any atom is 0.339 e. The summed E-state index contributed by atoms with van der Waals surface area (Å²) in [4.78, 5) is 14.1. The van der Waals surface area contributed by atoms with Gasteiger partial charge in [0.05, 0.1) is 18.8 Å². The first-order valence-electron chi connectivity index (χ1n) is 7.58. The fourth-order valence-electron chi connectivity index (χ4n) is 3.09. The molecule has 0 unspecified atom stereocenters. The Morgan fingerprint density at radius 2 is 2.29 bits per heavy atom. The van der Waals surface area contributed by atoms with Gasteiger partial charge in [0.2, 0.25) is 0 Å². The van der Waals surface area contributed by atoms with Gasteiger partial charge in [-0.2, -0.15) is 0 Å². The van der Waals surface area contributed by atoms with E-state index in [0.29, 0.717) is 11.5 Å². The molecule has 0 spiro atoms.